The predicted molar refractivity (Wildman–Crippen MR) is 118 cm³/mol. The van der Waals surface area contributed by atoms with E-state index in [9.17, 15) is 13.6 Å². The van der Waals surface area contributed by atoms with Crippen LogP contribution in [0.2, 0.25) is 0 Å². The number of thioether (sulfide) groups is 1. The van der Waals surface area contributed by atoms with E-state index in [2.05, 4.69) is 4.98 Å². The van der Waals surface area contributed by atoms with E-state index in [1.807, 2.05) is 29.2 Å². The second kappa shape index (κ2) is 9.82. The van der Waals surface area contributed by atoms with Gasteiger partial charge in [-0.05, 0) is 30.3 Å². The number of carbonyl (C=O) groups excluding carboxylic acids is 1. The molecule has 5 nitrogen and oxygen atoms in total. The molecule has 0 bridgehead atoms. The summed E-state index contributed by atoms with van der Waals surface area (Å²) in [6, 6.07) is 9.87. The molecular formula is C22H22F2N2O3S2. The topological polar surface area (TPSA) is 51.7 Å². The van der Waals surface area contributed by atoms with Gasteiger partial charge in [-0.1, -0.05) is 11.3 Å². The number of methoxy groups -OCH3 is 1. The Morgan fingerprint density at radius 2 is 1.97 bits per heavy atom. The van der Waals surface area contributed by atoms with Gasteiger partial charge in [0.2, 0.25) is 5.91 Å². The molecule has 1 amide bonds. The number of ether oxygens (including phenoxy) is 2. The van der Waals surface area contributed by atoms with Crippen molar-refractivity contribution in [2.75, 3.05) is 26.0 Å². The molecule has 2 aromatic carbocycles. The molecule has 1 saturated heterocycles. The van der Waals surface area contributed by atoms with Gasteiger partial charge in [0.25, 0.3) is 5.19 Å². The summed E-state index contributed by atoms with van der Waals surface area (Å²) < 4.78 is 38.6. The van der Waals surface area contributed by atoms with Gasteiger partial charge in [0.1, 0.15) is 23.2 Å². The molecule has 0 saturated carbocycles. The quantitative estimate of drug-likeness (QED) is 0.454. The molecule has 164 valence electrons. The Balaban J connectivity index is 1.22. The Morgan fingerprint density at radius 1 is 1.23 bits per heavy atom. The number of piperidine rings is 1. The third kappa shape index (κ3) is 5.46. The van der Waals surface area contributed by atoms with E-state index >= 15 is 0 Å². The minimum atomic E-state index is -0.686. The summed E-state index contributed by atoms with van der Waals surface area (Å²) in [6.45, 7) is 1.23. The largest absolute Gasteiger partial charge is 0.497 e. The van der Waals surface area contributed by atoms with Gasteiger partial charge in [-0.15, -0.1) is 11.8 Å². The van der Waals surface area contributed by atoms with E-state index in [1.165, 1.54) is 6.07 Å². The van der Waals surface area contributed by atoms with Gasteiger partial charge >= 0.3 is 0 Å². The minimum absolute atomic E-state index is 0.0915. The molecular weight excluding hydrogens is 442 g/mol. The SMILES string of the molecule is COc1ccc(SCCC(=O)N2CCC(Oc3nc4c(F)cc(F)cc4s3)CC2)cc1. The average Bonchev–Trinajstić information content (AvgIpc) is 3.17. The molecule has 1 aliphatic rings. The maximum Gasteiger partial charge on any atom is 0.274 e. The van der Waals surface area contributed by atoms with Crippen LogP contribution in [0.3, 0.4) is 0 Å². The first-order valence-electron chi connectivity index (χ1n) is 9.98. The standard InChI is InChI=1S/C22H22F2N2O3S2/c1-28-15-2-4-17(5-3-15)30-11-8-20(27)26-9-6-16(7-10-26)29-22-25-21-18(24)12-14(23)13-19(21)31-22/h2-5,12-13,16H,6-11H2,1H3. The first kappa shape index (κ1) is 21.8. The van der Waals surface area contributed by atoms with Crippen LogP contribution in [-0.4, -0.2) is 47.8 Å². The number of hydrogen-bond acceptors (Lipinski definition) is 6. The third-order valence-corrected chi connectivity index (χ3v) is 7.01. The van der Waals surface area contributed by atoms with E-state index in [1.54, 1.807) is 18.9 Å². The van der Waals surface area contributed by atoms with Crippen molar-refractivity contribution >= 4 is 39.2 Å². The molecule has 2 heterocycles. The zero-order valence-electron chi connectivity index (χ0n) is 17.0. The molecule has 3 aromatic rings. The van der Waals surface area contributed by atoms with Crippen LogP contribution in [0.15, 0.2) is 41.3 Å². The maximum absolute atomic E-state index is 13.8. The number of likely N-dealkylation sites (tertiary alicyclic amines) is 1. The van der Waals surface area contributed by atoms with Gasteiger partial charge < -0.3 is 14.4 Å². The van der Waals surface area contributed by atoms with Crippen LogP contribution in [0, 0.1) is 11.6 Å². The van der Waals surface area contributed by atoms with Crippen molar-refractivity contribution in [1.29, 1.82) is 0 Å². The fourth-order valence-corrected chi connectivity index (χ4v) is 5.20. The highest BCUT2D eigenvalue weighted by Gasteiger charge is 2.25. The second-order valence-electron chi connectivity index (χ2n) is 7.19. The molecule has 0 unspecified atom stereocenters. The molecule has 1 aliphatic heterocycles. The van der Waals surface area contributed by atoms with Gasteiger partial charge in [0.15, 0.2) is 5.82 Å². The van der Waals surface area contributed by atoms with Gasteiger partial charge in [0, 0.05) is 49.1 Å². The molecule has 0 aliphatic carbocycles. The lowest BCUT2D eigenvalue weighted by atomic mass is 10.1. The predicted octanol–water partition coefficient (Wildman–Crippen LogP) is 5.14. The summed E-state index contributed by atoms with van der Waals surface area (Å²) in [4.78, 5) is 19.6. The van der Waals surface area contributed by atoms with Gasteiger partial charge in [-0.25, -0.2) is 8.78 Å². The summed E-state index contributed by atoms with van der Waals surface area (Å²) in [5.74, 6) is 0.354. The Hall–Kier alpha value is -2.39. The Morgan fingerprint density at radius 3 is 2.68 bits per heavy atom. The van der Waals surface area contributed by atoms with Crippen molar-refractivity contribution in [3.63, 3.8) is 0 Å². The molecule has 0 radical (unpaired) electrons. The van der Waals surface area contributed by atoms with Crippen LogP contribution in [-0.2, 0) is 4.79 Å². The van der Waals surface area contributed by atoms with Crippen LogP contribution < -0.4 is 9.47 Å². The summed E-state index contributed by atoms with van der Waals surface area (Å²) >= 11 is 2.78. The molecule has 0 atom stereocenters. The van der Waals surface area contributed by atoms with E-state index in [0.29, 0.717) is 42.2 Å². The van der Waals surface area contributed by atoms with E-state index in [0.717, 1.165) is 33.8 Å². The highest BCUT2D eigenvalue weighted by atomic mass is 32.2. The molecule has 0 N–H and O–H groups in total. The summed E-state index contributed by atoms with van der Waals surface area (Å²) in [7, 11) is 1.63. The Bertz CT molecular complexity index is 1050. The van der Waals surface area contributed by atoms with Crippen LogP contribution in [0.5, 0.6) is 10.9 Å². The molecule has 1 fully saturated rings. The molecule has 1 aromatic heterocycles. The number of halogens is 2. The van der Waals surface area contributed by atoms with E-state index in [4.69, 9.17) is 9.47 Å². The fourth-order valence-electron chi connectivity index (χ4n) is 3.44. The number of hydrogen-bond donors (Lipinski definition) is 0. The summed E-state index contributed by atoms with van der Waals surface area (Å²) in [5.41, 5.74) is 0.128. The van der Waals surface area contributed by atoms with Crippen molar-refractivity contribution in [2.24, 2.45) is 0 Å². The lowest BCUT2D eigenvalue weighted by molar-refractivity contribution is -0.132. The lowest BCUT2D eigenvalue weighted by Gasteiger charge is -2.31. The van der Waals surface area contributed by atoms with Gasteiger partial charge in [-0.2, -0.15) is 4.98 Å². The van der Waals surface area contributed by atoms with Crippen LogP contribution in [0.4, 0.5) is 8.78 Å². The number of carbonyl (C=O) groups is 1. The van der Waals surface area contributed by atoms with Crippen molar-refractivity contribution in [2.45, 2.75) is 30.3 Å². The van der Waals surface area contributed by atoms with Crippen molar-refractivity contribution in [3.05, 3.63) is 48.0 Å². The average molecular weight is 465 g/mol. The molecule has 31 heavy (non-hydrogen) atoms. The van der Waals surface area contributed by atoms with Crippen LogP contribution >= 0.6 is 23.1 Å². The van der Waals surface area contributed by atoms with Gasteiger partial charge in [-0.3, -0.25) is 4.79 Å². The number of nitrogens with zero attached hydrogens (tertiary/aromatic N) is 2. The highest BCUT2D eigenvalue weighted by molar-refractivity contribution is 7.99. The van der Waals surface area contributed by atoms with Crippen molar-refractivity contribution in [3.8, 4) is 10.9 Å². The van der Waals surface area contributed by atoms with Crippen molar-refractivity contribution in [1.82, 2.24) is 9.88 Å². The minimum Gasteiger partial charge on any atom is -0.497 e. The number of thiazole rings is 1. The first-order valence-corrected chi connectivity index (χ1v) is 11.8. The maximum atomic E-state index is 13.8. The van der Waals surface area contributed by atoms with Crippen LogP contribution in [0.1, 0.15) is 19.3 Å². The second-order valence-corrected chi connectivity index (χ2v) is 9.35. The summed E-state index contributed by atoms with van der Waals surface area (Å²) in [5, 5.41) is 0.333. The number of rotatable bonds is 7. The number of amides is 1. The first-order chi connectivity index (χ1) is 15.0. The normalized spacial score (nSPS) is 14.7. The Kier molecular flexibility index (Phi) is 6.92. The fraction of sp³-hybridized carbons (Fsp3) is 0.364. The highest BCUT2D eigenvalue weighted by Crippen LogP contribution is 2.32. The van der Waals surface area contributed by atoms with Crippen LogP contribution in [0.25, 0.3) is 10.2 Å². The van der Waals surface area contributed by atoms with E-state index in [-0.39, 0.29) is 17.5 Å². The third-order valence-electron chi connectivity index (χ3n) is 5.10. The number of fused-ring (bicyclic) bond motifs is 1. The smallest absolute Gasteiger partial charge is 0.274 e. The molecule has 9 heteroatoms. The lowest BCUT2D eigenvalue weighted by Crippen LogP contribution is -2.41. The molecule has 4 rings (SSSR count). The summed E-state index contributed by atoms with van der Waals surface area (Å²) in [6.07, 6.45) is 1.75. The molecule has 0 spiro atoms. The Labute approximate surface area is 187 Å². The zero-order chi connectivity index (χ0) is 21.8. The van der Waals surface area contributed by atoms with E-state index < -0.39 is 11.6 Å². The zero-order valence-corrected chi connectivity index (χ0v) is 18.6. The number of aromatic nitrogens is 1. The monoisotopic (exact) mass is 464 g/mol. The number of benzene rings is 2. The van der Waals surface area contributed by atoms with Crippen molar-refractivity contribution < 1.29 is 23.0 Å². The van der Waals surface area contributed by atoms with Gasteiger partial charge in [0.05, 0.1) is 11.8 Å².